The summed E-state index contributed by atoms with van der Waals surface area (Å²) in [5.74, 6) is -1.53. The standard InChI is InChI=1S/C23H23N3O2/c1-3-16-10-7-11-17(4-2)21(16)25-22(27)23(28)26-24-15-19-13-8-12-18-9-5-6-14-20(18)19/h5-15H,3-4H2,1-2H3,(H,25,27)(H,26,28)/b24-15-. The largest absolute Gasteiger partial charge is 0.329 e. The summed E-state index contributed by atoms with van der Waals surface area (Å²) in [5.41, 5.74) is 5.89. The molecule has 0 fully saturated rings. The summed E-state index contributed by atoms with van der Waals surface area (Å²) in [6.07, 6.45) is 3.08. The van der Waals surface area contributed by atoms with Crippen LogP contribution in [-0.4, -0.2) is 18.0 Å². The highest BCUT2D eigenvalue weighted by Gasteiger charge is 2.16. The molecule has 0 spiro atoms. The molecule has 0 bridgehead atoms. The average molecular weight is 373 g/mol. The van der Waals surface area contributed by atoms with Crippen LogP contribution >= 0.6 is 0 Å². The van der Waals surface area contributed by atoms with Gasteiger partial charge in [0, 0.05) is 11.3 Å². The number of fused-ring (bicyclic) bond motifs is 1. The Kier molecular flexibility index (Phi) is 6.17. The van der Waals surface area contributed by atoms with Crippen molar-refractivity contribution >= 4 is 34.5 Å². The van der Waals surface area contributed by atoms with Crippen molar-refractivity contribution in [2.45, 2.75) is 26.7 Å². The third-order valence-electron chi connectivity index (χ3n) is 4.64. The number of carbonyl (C=O) groups is 2. The molecule has 0 aliphatic carbocycles. The van der Waals surface area contributed by atoms with Crippen LogP contribution in [0.1, 0.15) is 30.5 Å². The van der Waals surface area contributed by atoms with Gasteiger partial charge in [-0.2, -0.15) is 5.10 Å². The zero-order valence-electron chi connectivity index (χ0n) is 16.0. The Morgan fingerprint density at radius 3 is 2.21 bits per heavy atom. The molecule has 0 heterocycles. The van der Waals surface area contributed by atoms with Crippen LogP contribution in [0.2, 0.25) is 0 Å². The van der Waals surface area contributed by atoms with Crippen LogP contribution in [0.5, 0.6) is 0 Å². The first-order valence-corrected chi connectivity index (χ1v) is 9.37. The topological polar surface area (TPSA) is 70.6 Å². The molecule has 0 saturated carbocycles. The summed E-state index contributed by atoms with van der Waals surface area (Å²) in [5, 5.41) is 8.80. The third kappa shape index (κ3) is 4.26. The smallest absolute Gasteiger partial charge is 0.317 e. The lowest BCUT2D eigenvalue weighted by molar-refractivity contribution is -0.136. The van der Waals surface area contributed by atoms with Crippen molar-refractivity contribution in [2.24, 2.45) is 5.10 Å². The average Bonchev–Trinajstić information content (AvgIpc) is 2.73. The van der Waals surface area contributed by atoms with Gasteiger partial charge in [-0.3, -0.25) is 9.59 Å². The van der Waals surface area contributed by atoms with Gasteiger partial charge in [-0.15, -0.1) is 0 Å². The van der Waals surface area contributed by atoms with E-state index < -0.39 is 11.8 Å². The SMILES string of the molecule is CCc1cccc(CC)c1NC(=O)C(=O)N/N=C\c1cccc2ccccc12. The van der Waals surface area contributed by atoms with Crippen molar-refractivity contribution in [3.63, 3.8) is 0 Å². The van der Waals surface area contributed by atoms with Crippen LogP contribution < -0.4 is 10.7 Å². The predicted molar refractivity (Wildman–Crippen MR) is 114 cm³/mol. The minimum atomic E-state index is -0.801. The number of amides is 2. The Morgan fingerprint density at radius 2 is 1.50 bits per heavy atom. The molecule has 0 atom stereocenters. The number of aryl methyl sites for hydroxylation is 2. The molecule has 0 unspecified atom stereocenters. The molecule has 3 aromatic rings. The molecule has 0 aromatic heterocycles. The number of carbonyl (C=O) groups excluding carboxylic acids is 2. The van der Waals surface area contributed by atoms with Gasteiger partial charge in [-0.05, 0) is 34.7 Å². The van der Waals surface area contributed by atoms with E-state index in [1.54, 1.807) is 6.21 Å². The van der Waals surface area contributed by atoms with Crippen molar-refractivity contribution in [3.8, 4) is 0 Å². The van der Waals surface area contributed by atoms with Crippen LogP contribution in [0, 0.1) is 0 Å². The summed E-state index contributed by atoms with van der Waals surface area (Å²) in [6.45, 7) is 4.03. The summed E-state index contributed by atoms with van der Waals surface area (Å²) >= 11 is 0. The van der Waals surface area contributed by atoms with Crippen LogP contribution in [0.15, 0.2) is 65.8 Å². The number of para-hydroxylation sites is 1. The van der Waals surface area contributed by atoms with Crippen LogP contribution in [0.4, 0.5) is 5.69 Å². The van der Waals surface area contributed by atoms with Gasteiger partial charge in [0.25, 0.3) is 0 Å². The quantitative estimate of drug-likeness (QED) is 0.402. The van der Waals surface area contributed by atoms with E-state index in [1.807, 2.05) is 74.5 Å². The summed E-state index contributed by atoms with van der Waals surface area (Å²) in [7, 11) is 0. The van der Waals surface area contributed by atoms with E-state index in [-0.39, 0.29) is 0 Å². The molecule has 5 heteroatoms. The number of hydrogen-bond acceptors (Lipinski definition) is 3. The number of nitrogens with zero attached hydrogens (tertiary/aromatic N) is 1. The fraction of sp³-hybridized carbons (Fsp3) is 0.174. The highest BCUT2D eigenvalue weighted by molar-refractivity contribution is 6.39. The fourth-order valence-corrected chi connectivity index (χ4v) is 3.15. The molecule has 0 aliphatic rings. The highest BCUT2D eigenvalue weighted by Crippen LogP contribution is 2.22. The molecule has 2 amide bonds. The van der Waals surface area contributed by atoms with Crippen molar-refractivity contribution in [1.82, 2.24) is 5.43 Å². The molecule has 0 radical (unpaired) electrons. The lowest BCUT2D eigenvalue weighted by atomic mass is 10.0. The maximum Gasteiger partial charge on any atom is 0.329 e. The van der Waals surface area contributed by atoms with Gasteiger partial charge in [-0.25, -0.2) is 5.43 Å². The van der Waals surface area contributed by atoms with Gasteiger partial charge in [0.15, 0.2) is 0 Å². The van der Waals surface area contributed by atoms with Gasteiger partial charge in [0.2, 0.25) is 0 Å². The lowest BCUT2D eigenvalue weighted by Crippen LogP contribution is -2.33. The van der Waals surface area contributed by atoms with Crippen molar-refractivity contribution in [1.29, 1.82) is 0 Å². The molecule has 5 nitrogen and oxygen atoms in total. The Morgan fingerprint density at radius 1 is 0.857 bits per heavy atom. The molecule has 0 saturated heterocycles. The van der Waals surface area contributed by atoms with Crippen molar-refractivity contribution in [2.75, 3.05) is 5.32 Å². The Bertz CT molecular complexity index is 1010. The van der Waals surface area contributed by atoms with Crippen LogP contribution in [0.3, 0.4) is 0 Å². The zero-order chi connectivity index (χ0) is 19.9. The van der Waals surface area contributed by atoms with E-state index in [0.717, 1.165) is 40.3 Å². The zero-order valence-corrected chi connectivity index (χ0v) is 16.0. The van der Waals surface area contributed by atoms with Crippen molar-refractivity contribution in [3.05, 3.63) is 77.4 Å². The maximum absolute atomic E-state index is 12.3. The Hall–Kier alpha value is -3.47. The van der Waals surface area contributed by atoms with Crippen LogP contribution in [0.25, 0.3) is 10.8 Å². The predicted octanol–water partition coefficient (Wildman–Crippen LogP) is 4.05. The Labute approximate surface area is 164 Å². The summed E-state index contributed by atoms with van der Waals surface area (Å²) < 4.78 is 0. The van der Waals surface area contributed by atoms with E-state index in [1.165, 1.54) is 0 Å². The van der Waals surface area contributed by atoms with E-state index in [2.05, 4.69) is 15.8 Å². The van der Waals surface area contributed by atoms with E-state index >= 15 is 0 Å². The number of hydrogen-bond donors (Lipinski definition) is 2. The first-order valence-electron chi connectivity index (χ1n) is 9.37. The fourth-order valence-electron chi connectivity index (χ4n) is 3.15. The van der Waals surface area contributed by atoms with Gasteiger partial charge in [0.1, 0.15) is 0 Å². The van der Waals surface area contributed by atoms with E-state index in [9.17, 15) is 9.59 Å². The first-order chi connectivity index (χ1) is 13.6. The van der Waals surface area contributed by atoms with E-state index in [0.29, 0.717) is 5.69 Å². The molecular formula is C23H23N3O2. The number of anilines is 1. The molecule has 3 aromatic carbocycles. The van der Waals surface area contributed by atoms with Crippen LogP contribution in [-0.2, 0) is 22.4 Å². The van der Waals surface area contributed by atoms with Gasteiger partial charge >= 0.3 is 11.8 Å². The highest BCUT2D eigenvalue weighted by atomic mass is 16.2. The van der Waals surface area contributed by atoms with E-state index in [4.69, 9.17) is 0 Å². The van der Waals surface area contributed by atoms with Gasteiger partial charge < -0.3 is 5.32 Å². The van der Waals surface area contributed by atoms with Crippen molar-refractivity contribution < 1.29 is 9.59 Å². The maximum atomic E-state index is 12.3. The second-order valence-corrected chi connectivity index (χ2v) is 6.38. The number of rotatable bonds is 5. The minimum Gasteiger partial charge on any atom is -0.317 e. The third-order valence-corrected chi connectivity index (χ3v) is 4.64. The molecule has 142 valence electrons. The lowest BCUT2D eigenvalue weighted by Gasteiger charge is -2.13. The number of nitrogens with one attached hydrogen (secondary N) is 2. The summed E-state index contributed by atoms with van der Waals surface area (Å²) in [4.78, 5) is 24.5. The minimum absolute atomic E-state index is 0.714. The molecule has 0 aliphatic heterocycles. The number of hydrazone groups is 1. The second-order valence-electron chi connectivity index (χ2n) is 6.38. The Balaban J connectivity index is 1.70. The monoisotopic (exact) mass is 373 g/mol. The molecule has 3 rings (SSSR count). The number of benzene rings is 3. The molecular weight excluding hydrogens is 350 g/mol. The summed E-state index contributed by atoms with van der Waals surface area (Å²) in [6, 6.07) is 19.6. The normalized spacial score (nSPS) is 10.9. The first kappa shape index (κ1) is 19.3. The molecule has 2 N–H and O–H groups in total. The molecule has 28 heavy (non-hydrogen) atoms. The van der Waals surface area contributed by atoms with Gasteiger partial charge in [0.05, 0.1) is 6.21 Å². The van der Waals surface area contributed by atoms with Gasteiger partial charge in [-0.1, -0.05) is 74.5 Å². The second kappa shape index (κ2) is 8.95.